The maximum absolute atomic E-state index is 12.0. The topological polar surface area (TPSA) is 48.0 Å². The molecule has 0 N–H and O–H groups in total. The number of amides is 1. The molecule has 0 saturated carbocycles. The van der Waals surface area contributed by atoms with Crippen LogP contribution in [0, 0.1) is 0 Å². The average Bonchev–Trinajstić information content (AvgIpc) is 2.85. The Kier molecular flexibility index (Phi) is 3.80. The molecule has 2 fully saturated rings. The smallest absolute Gasteiger partial charge is 0.410 e. The van der Waals surface area contributed by atoms with Gasteiger partial charge in [0.1, 0.15) is 5.60 Å². The molecule has 2 saturated heterocycles. The van der Waals surface area contributed by atoms with Crippen molar-refractivity contribution in [1.82, 2.24) is 4.90 Å². The monoisotopic (exact) mass is 271 g/mol. The third-order valence-electron chi connectivity index (χ3n) is 4.01. The number of carbonyl (C=O) groups is 1. The van der Waals surface area contributed by atoms with Gasteiger partial charge in [-0.05, 0) is 27.7 Å². The molecule has 0 aromatic rings. The lowest BCUT2D eigenvalue weighted by molar-refractivity contribution is -0.0474. The highest BCUT2D eigenvalue weighted by Gasteiger charge is 2.50. The van der Waals surface area contributed by atoms with Crippen LogP contribution >= 0.6 is 0 Å². The quantitative estimate of drug-likeness (QED) is 0.733. The minimum absolute atomic E-state index is 0.0685. The van der Waals surface area contributed by atoms with Crippen LogP contribution < -0.4 is 0 Å². The summed E-state index contributed by atoms with van der Waals surface area (Å²) in [4.78, 5) is 13.7. The van der Waals surface area contributed by atoms with Crippen molar-refractivity contribution in [2.45, 2.75) is 63.9 Å². The molecule has 0 radical (unpaired) electrons. The Hall–Kier alpha value is -0.810. The molecule has 0 bridgehead atoms. The molecular formula is C14H25NO4. The number of carbonyl (C=O) groups excluding carboxylic acids is 1. The van der Waals surface area contributed by atoms with Gasteiger partial charge in [-0.3, -0.25) is 0 Å². The second-order valence-electron chi connectivity index (χ2n) is 6.59. The van der Waals surface area contributed by atoms with E-state index in [1.54, 1.807) is 11.9 Å². The van der Waals surface area contributed by atoms with E-state index in [2.05, 4.69) is 0 Å². The normalized spacial score (nSPS) is 34.8. The Labute approximate surface area is 115 Å². The highest BCUT2D eigenvalue weighted by molar-refractivity contribution is 5.68. The molecule has 3 atom stereocenters. The van der Waals surface area contributed by atoms with Crippen LogP contribution in [0.3, 0.4) is 0 Å². The van der Waals surface area contributed by atoms with E-state index in [0.717, 1.165) is 19.4 Å². The predicted octanol–water partition coefficient (Wildman–Crippen LogP) is 2.19. The van der Waals surface area contributed by atoms with Crippen LogP contribution in [0.5, 0.6) is 0 Å². The second kappa shape index (κ2) is 4.94. The predicted molar refractivity (Wildman–Crippen MR) is 71.1 cm³/mol. The summed E-state index contributed by atoms with van der Waals surface area (Å²) in [5.41, 5.74) is -0.673. The average molecular weight is 271 g/mol. The highest BCUT2D eigenvalue weighted by atomic mass is 16.6. The number of hydrogen-bond donors (Lipinski definition) is 0. The zero-order chi connectivity index (χ0) is 14.3. The number of rotatable bonds is 1. The summed E-state index contributed by atoms with van der Waals surface area (Å²) in [6.07, 6.45) is 1.55. The van der Waals surface area contributed by atoms with Crippen molar-refractivity contribution >= 4 is 6.09 Å². The Bertz CT molecular complexity index is 352. The van der Waals surface area contributed by atoms with Gasteiger partial charge >= 0.3 is 6.09 Å². The maximum atomic E-state index is 12.0. The number of ether oxygens (including phenoxy) is 3. The Morgan fingerprint density at radius 3 is 2.63 bits per heavy atom. The molecule has 2 heterocycles. The summed E-state index contributed by atoms with van der Waals surface area (Å²) >= 11 is 0. The minimum atomic E-state index is -0.466. The molecule has 2 rings (SSSR count). The van der Waals surface area contributed by atoms with E-state index in [0.29, 0.717) is 6.61 Å². The van der Waals surface area contributed by atoms with Crippen LogP contribution in [0.15, 0.2) is 0 Å². The molecule has 0 unspecified atom stereocenters. The van der Waals surface area contributed by atoms with Crippen molar-refractivity contribution in [1.29, 1.82) is 0 Å². The van der Waals surface area contributed by atoms with Gasteiger partial charge in [0.15, 0.2) is 0 Å². The van der Waals surface area contributed by atoms with Crippen molar-refractivity contribution in [3.8, 4) is 0 Å². The number of likely N-dealkylation sites (N-methyl/N-ethyl adjacent to an activating group) is 1. The summed E-state index contributed by atoms with van der Waals surface area (Å²) in [7, 11) is 1.78. The Balaban J connectivity index is 1.95. The fourth-order valence-corrected chi connectivity index (χ4v) is 2.73. The van der Waals surface area contributed by atoms with E-state index >= 15 is 0 Å². The first-order chi connectivity index (χ1) is 8.73. The van der Waals surface area contributed by atoms with Gasteiger partial charge in [-0.15, -0.1) is 0 Å². The van der Waals surface area contributed by atoms with Crippen LogP contribution in [0.25, 0.3) is 0 Å². The summed E-state index contributed by atoms with van der Waals surface area (Å²) < 4.78 is 16.9. The van der Waals surface area contributed by atoms with Crippen LogP contribution in [0.2, 0.25) is 0 Å². The van der Waals surface area contributed by atoms with Crippen molar-refractivity contribution in [2.24, 2.45) is 0 Å². The molecule has 5 nitrogen and oxygen atoms in total. The van der Waals surface area contributed by atoms with Crippen molar-refractivity contribution < 1.29 is 19.0 Å². The van der Waals surface area contributed by atoms with E-state index in [9.17, 15) is 4.79 Å². The number of nitrogens with zero attached hydrogens (tertiary/aromatic N) is 1. The molecule has 5 heteroatoms. The van der Waals surface area contributed by atoms with E-state index in [4.69, 9.17) is 14.2 Å². The van der Waals surface area contributed by atoms with E-state index in [1.165, 1.54) is 0 Å². The Morgan fingerprint density at radius 2 is 2.11 bits per heavy atom. The second-order valence-corrected chi connectivity index (χ2v) is 6.59. The Morgan fingerprint density at radius 1 is 1.42 bits per heavy atom. The van der Waals surface area contributed by atoms with Gasteiger partial charge in [-0.25, -0.2) is 4.79 Å². The molecule has 0 aromatic heterocycles. The van der Waals surface area contributed by atoms with Gasteiger partial charge in [0.2, 0.25) is 0 Å². The first kappa shape index (κ1) is 14.6. The lowest BCUT2D eigenvalue weighted by atomic mass is 9.91. The molecule has 2 aliphatic rings. The fraction of sp³-hybridized carbons (Fsp3) is 0.929. The van der Waals surface area contributed by atoms with Gasteiger partial charge in [-0.1, -0.05) is 0 Å². The molecule has 2 aliphatic heterocycles. The third kappa shape index (κ3) is 3.03. The summed E-state index contributed by atoms with van der Waals surface area (Å²) in [5.74, 6) is 0. The highest BCUT2D eigenvalue weighted by Crippen LogP contribution is 2.39. The standard InChI is InChI=1S/C14H25NO4/c1-10-14(6-7-17-10)8-11(9-18-14)15(5)12(16)19-13(2,3)4/h10-11H,6-9H2,1-5H3/t10-,11-,14-/m0/s1. The van der Waals surface area contributed by atoms with E-state index in [-0.39, 0.29) is 23.8 Å². The van der Waals surface area contributed by atoms with Crippen LogP contribution in [-0.4, -0.2) is 54.6 Å². The SMILES string of the molecule is C[C@@H]1OCC[C@]12C[C@H](N(C)C(=O)OC(C)(C)C)CO2. The molecule has 1 amide bonds. The third-order valence-corrected chi connectivity index (χ3v) is 4.01. The first-order valence-corrected chi connectivity index (χ1v) is 6.95. The number of hydrogen-bond acceptors (Lipinski definition) is 4. The first-order valence-electron chi connectivity index (χ1n) is 6.95. The lowest BCUT2D eigenvalue weighted by Gasteiger charge is -2.29. The minimum Gasteiger partial charge on any atom is -0.444 e. The zero-order valence-corrected chi connectivity index (χ0v) is 12.6. The van der Waals surface area contributed by atoms with Gasteiger partial charge in [-0.2, -0.15) is 0 Å². The van der Waals surface area contributed by atoms with E-state index < -0.39 is 5.60 Å². The van der Waals surface area contributed by atoms with Gasteiger partial charge in [0, 0.05) is 26.5 Å². The summed E-state index contributed by atoms with van der Waals surface area (Å²) in [5, 5.41) is 0. The van der Waals surface area contributed by atoms with Crippen LogP contribution in [0.1, 0.15) is 40.5 Å². The van der Waals surface area contributed by atoms with Crippen molar-refractivity contribution in [3.63, 3.8) is 0 Å². The molecular weight excluding hydrogens is 246 g/mol. The van der Waals surface area contributed by atoms with Crippen molar-refractivity contribution in [2.75, 3.05) is 20.3 Å². The summed E-state index contributed by atoms with van der Waals surface area (Å²) in [6, 6.07) is 0.0685. The molecule has 0 aliphatic carbocycles. The molecule has 0 aromatic carbocycles. The molecule has 110 valence electrons. The van der Waals surface area contributed by atoms with Gasteiger partial charge < -0.3 is 19.1 Å². The van der Waals surface area contributed by atoms with E-state index in [1.807, 2.05) is 27.7 Å². The summed E-state index contributed by atoms with van der Waals surface area (Å²) in [6.45, 7) is 8.96. The fourth-order valence-electron chi connectivity index (χ4n) is 2.73. The van der Waals surface area contributed by atoms with Crippen LogP contribution in [-0.2, 0) is 14.2 Å². The molecule has 1 spiro atoms. The largest absolute Gasteiger partial charge is 0.444 e. The maximum Gasteiger partial charge on any atom is 0.410 e. The van der Waals surface area contributed by atoms with Crippen LogP contribution in [0.4, 0.5) is 4.79 Å². The zero-order valence-electron chi connectivity index (χ0n) is 12.6. The van der Waals surface area contributed by atoms with Gasteiger partial charge in [0.25, 0.3) is 0 Å². The molecule has 19 heavy (non-hydrogen) atoms. The van der Waals surface area contributed by atoms with Gasteiger partial charge in [0.05, 0.1) is 24.4 Å². The van der Waals surface area contributed by atoms with Crippen molar-refractivity contribution in [3.05, 3.63) is 0 Å². The lowest BCUT2D eigenvalue weighted by Crippen LogP contribution is -2.42.